The Hall–Kier alpha value is -1.54. The Balaban J connectivity index is 0.000000509. The minimum Gasteiger partial charge on any atom is -1.00 e. The van der Waals surface area contributed by atoms with Crippen LogP contribution in [0.5, 0.6) is 0 Å². The fourth-order valence-electron chi connectivity index (χ4n) is 3.42. The average molecular weight is 550 g/mol. The summed E-state index contributed by atoms with van der Waals surface area (Å²) in [4.78, 5) is 0. The third-order valence-electron chi connectivity index (χ3n) is 4.72. The summed E-state index contributed by atoms with van der Waals surface area (Å²) in [6.07, 6.45) is 2.77. The zero-order valence-electron chi connectivity index (χ0n) is 18.3. The van der Waals surface area contributed by atoms with E-state index in [1.807, 2.05) is 20.3 Å². The van der Waals surface area contributed by atoms with Crippen molar-refractivity contribution >= 4 is 10.8 Å². The first kappa shape index (κ1) is 30.5. The van der Waals surface area contributed by atoms with Gasteiger partial charge in [0.15, 0.2) is 0 Å². The van der Waals surface area contributed by atoms with E-state index in [4.69, 9.17) is 0 Å². The molecule has 0 amide bonds. The quantitative estimate of drug-likeness (QED) is 0.259. The molecule has 1 radical (unpaired) electrons. The van der Waals surface area contributed by atoms with Gasteiger partial charge in [-0.25, -0.2) is 8.78 Å². The van der Waals surface area contributed by atoms with Crippen molar-refractivity contribution in [2.75, 3.05) is 0 Å². The van der Waals surface area contributed by atoms with Crippen molar-refractivity contribution in [1.29, 1.82) is 0 Å². The summed E-state index contributed by atoms with van der Waals surface area (Å²) < 4.78 is 26.1. The van der Waals surface area contributed by atoms with E-state index >= 15 is 0 Å². The van der Waals surface area contributed by atoms with Crippen LogP contribution in [0.3, 0.4) is 0 Å². The van der Waals surface area contributed by atoms with Gasteiger partial charge in [0, 0.05) is 0 Å². The molecular formula is C27H25Cl2F2Zr. The summed E-state index contributed by atoms with van der Waals surface area (Å²) in [5.41, 5.74) is 5.10. The molecule has 4 aromatic carbocycles. The number of benzene rings is 4. The molecular weight excluding hydrogens is 524 g/mol. The first-order valence-electron chi connectivity index (χ1n) is 9.78. The molecule has 0 heterocycles. The number of halogens is 4. The van der Waals surface area contributed by atoms with Crippen LogP contribution >= 0.6 is 0 Å². The predicted octanol–water partition coefficient (Wildman–Crippen LogP) is 1.92. The molecule has 5 rings (SSSR count). The number of rotatable bonds is 0. The van der Waals surface area contributed by atoms with Crippen molar-refractivity contribution < 1.29 is 59.8 Å². The third kappa shape index (κ3) is 7.80. The van der Waals surface area contributed by atoms with Gasteiger partial charge >= 0.3 is 26.2 Å². The second-order valence-electron chi connectivity index (χ2n) is 7.21. The van der Waals surface area contributed by atoms with Crippen LogP contribution in [0.25, 0.3) is 21.9 Å². The van der Waals surface area contributed by atoms with Gasteiger partial charge < -0.3 is 31.2 Å². The van der Waals surface area contributed by atoms with Crippen LogP contribution in [-0.2, 0) is 32.6 Å². The summed E-state index contributed by atoms with van der Waals surface area (Å²) in [6, 6.07) is 24.3. The van der Waals surface area contributed by atoms with Gasteiger partial charge in [-0.05, 0) is 70.6 Å². The Morgan fingerprint density at radius 2 is 1.12 bits per heavy atom. The van der Waals surface area contributed by atoms with Crippen molar-refractivity contribution in [3.05, 3.63) is 114 Å². The van der Waals surface area contributed by atoms with Gasteiger partial charge in [-0.1, -0.05) is 60.2 Å². The van der Waals surface area contributed by atoms with Crippen LogP contribution in [0, 0.1) is 25.0 Å². The smallest absolute Gasteiger partial charge is 1.00 e. The molecule has 0 nitrogen and oxygen atoms in total. The molecule has 0 saturated heterocycles. The summed E-state index contributed by atoms with van der Waals surface area (Å²) in [5.74, 6) is -0.545. The number of hydrogen-bond acceptors (Lipinski definition) is 0. The van der Waals surface area contributed by atoms with E-state index in [0.717, 1.165) is 28.7 Å². The fraction of sp³-hybridized carbons (Fsp3) is 0.148. The van der Waals surface area contributed by atoms with Crippen molar-refractivity contribution in [1.82, 2.24) is 0 Å². The van der Waals surface area contributed by atoms with Crippen molar-refractivity contribution in [2.24, 2.45) is 0 Å². The number of hydrogen-bond donors (Lipinski definition) is 0. The van der Waals surface area contributed by atoms with Gasteiger partial charge in [-0.3, -0.25) is 0 Å². The molecule has 165 valence electrons. The topological polar surface area (TPSA) is 0 Å². The molecule has 0 saturated carbocycles. The van der Waals surface area contributed by atoms with Crippen molar-refractivity contribution in [2.45, 2.75) is 27.2 Å². The van der Waals surface area contributed by atoms with E-state index in [-0.39, 0.29) is 62.7 Å². The van der Waals surface area contributed by atoms with Crippen LogP contribution in [0.15, 0.2) is 78.9 Å². The molecule has 5 heteroatoms. The van der Waals surface area contributed by atoms with Gasteiger partial charge in [0.05, 0.1) is 0 Å². The largest absolute Gasteiger partial charge is 3.00 e. The minimum atomic E-state index is -0.272. The molecule has 0 aliphatic heterocycles. The number of fused-ring (bicyclic) bond motifs is 4. The summed E-state index contributed by atoms with van der Waals surface area (Å²) >= 11 is 0. The van der Waals surface area contributed by atoms with E-state index in [1.165, 1.54) is 40.6 Å². The van der Waals surface area contributed by atoms with E-state index in [0.29, 0.717) is 0 Å². The van der Waals surface area contributed by atoms with Crippen molar-refractivity contribution in [3.63, 3.8) is 0 Å². The summed E-state index contributed by atoms with van der Waals surface area (Å²) in [6.45, 7) is 6.12. The molecule has 4 aromatic rings. The molecule has 0 spiro atoms. The zero-order chi connectivity index (χ0) is 20.8. The van der Waals surface area contributed by atoms with E-state index in [2.05, 4.69) is 49.4 Å². The zero-order valence-corrected chi connectivity index (χ0v) is 22.3. The van der Waals surface area contributed by atoms with Gasteiger partial charge in [0.25, 0.3) is 0 Å². The van der Waals surface area contributed by atoms with Gasteiger partial charge in [-0.2, -0.15) is 13.8 Å². The fourth-order valence-corrected chi connectivity index (χ4v) is 3.42. The first-order chi connectivity index (χ1) is 14.0. The molecule has 0 aromatic heterocycles. The second kappa shape index (κ2) is 14.6. The van der Waals surface area contributed by atoms with Crippen LogP contribution in [0.4, 0.5) is 8.78 Å². The molecule has 0 atom stereocenters. The van der Waals surface area contributed by atoms with Gasteiger partial charge in [0.2, 0.25) is 0 Å². The minimum absolute atomic E-state index is 0. The maximum absolute atomic E-state index is 13.1. The van der Waals surface area contributed by atoms with Gasteiger partial charge in [-0.15, -0.1) is 0 Å². The van der Waals surface area contributed by atoms with Crippen molar-refractivity contribution in [3.8, 4) is 11.1 Å². The molecule has 0 unspecified atom stereocenters. The Kier molecular flexibility index (Phi) is 13.9. The SMILES string of the molecule is C[CH-]C.Cc1ccc2ccccc2c1.Fc1ccc2c(c1)-c1cc(F)ccc1C2.[Cl-].[Cl-].[Zr+3]. The Morgan fingerprint density at radius 3 is 1.62 bits per heavy atom. The molecule has 1 aliphatic rings. The summed E-state index contributed by atoms with van der Waals surface area (Å²) in [5, 5.41) is 2.64. The Bertz CT molecular complexity index is 1080. The Morgan fingerprint density at radius 1 is 0.656 bits per heavy atom. The average Bonchev–Trinajstić information content (AvgIpc) is 3.06. The van der Waals surface area contributed by atoms with E-state index < -0.39 is 0 Å². The van der Waals surface area contributed by atoms with Crippen LogP contribution < -0.4 is 24.8 Å². The van der Waals surface area contributed by atoms with Crippen LogP contribution in [-0.4, -0.2) is 0 Å². The number of aryl methyl sites for hydroxylation is 1. The molecule has 32 heavy (non-hydrogen) atoms. The maximum atomic E-state index is 13.1. The third-order valence-corrected chi connectivity index (χ3v) is 4.72. The molecule has 0 bridgehead atoms. The maximum Gasteiger partial charge on any atom is 3.00 e. The van der Waals surface area contributed by atoms with Crippen LogP contribution in [0.1, 0.15) is 30.5 Å². The first-order valence-corrected chi connectivity index (χ1v) is 9.78. The van der Waals surface area contributed by atoms with Gasteiger partial charge in [0.1, 0.15) is 11.6 Å². The van der Waals surface area contributed by atoms with E-state index in [1.54, 1.807) is 12.1 Å². The molecule has 0 N–H and O–H groups in total. The molecule has 0 fully saturated rings. The molecule has 1 aliphatic carbocycles. The van der Waals surface area contributed by atoms with E-state index in [9.17, 15) is 8.78 Å². The second-order valence-corrected chi connectivity index (χ2v) is 7.21. The normalized spacial score (nSPS) is 9.91. The van der Waals surface area contributed by atoms with Crippen LogP contribution in [0.2, 0.25) is 0 Å². The Labute approximate surface area is 221 Å². The standard InChI is InChI=1S/C13H8F2.C11H10.C3H7.2ClH.Zr/c14-10-3-1-8-5-9-2-4-11(15)7-13(9)12(8)6-10;1-9-6-7-10-4-2-3-5-11(10)8-9;1-3-2;;;/h1-4,6-7H,5H2;2-8H,1H3;3H,1-2H3;2*1H;/q;;-1;;;+3/p-2. The predicted molar refractivity (Wildman–Crippen MR) is 119 cm³/mol. The monoisotopic (exact) mass is 547 g/mol. The summed E-state index contributed by atoms with van der Waals surface area (Å²) in [7, 11) is 0.